The third-order valence-corrected chi connectivity index (χ3v) is 2.60. The maximum atomic E-state index is 9.37. The summed E-state index contributed by atoms with van der Waals surface area (Å²) in [6, 6.07) is 7.62. The zero-order valence-electron chi connectivity index (χ0n) is 7.85. The van der Waals surface area contributed by atoms with Crippen LogP contribution in [0.4, 0.5) is 5.69 Å². The number of rotatable bonds is 1. The summed E-state index contributed by atoms with van der Waals surface area (Å²) in [5.74, 6) is 0.497. The van der Waals surface area contributed by atoms with Gasteiger partial charge in [0.2, 0.25) is 5.96 Å². The third kappa shape index (κ3) is 2.93. The first kappa shape index (κ1) is 12.5. The molecule has 0 saturated carbocycles. The van der Waals surface area contributed by atoms with Gasteiger partial charge in [-0.05, 0) is 28.1 Å². The number of aliphatic imine (C=N–C) groups is 1. The van der Waals surface area contributed by atoms with E-state index in [1.54, 1.807) is 0 Å². The lowest BCUT2D eigenvalue weighted by molar-refractivity contribution is -0.00126. The molecule has 0 radical (unpaired) electrons. The fourth-order valence-electron chi connectivity index (χ4n) is 1.22. The number of hydrogen-bond donors (Lipinski definition) is 2. The zero-order valence-corrected chi connectivity index (χ0v) is 11.2. The molecule has 0 unspecified atom stereocenters. The minimum atomic E-state index is 0. The molecular weight excluding hydrogens is 326 g/mol. The molecule has 1 aromatic carbocycles. The highest BCUT2D eigenvalue weighted by Crippen LogP contribution is 2.24. The third-order valence-electron chi connectivity index (χ3n) is 1.93. The summed E-state index contributed by atoms with van der Waals surface area (Å²) in [5, 5.41) is 13.5. The Hall–Kier alpha value is -0.590. The second-order valence-corrected chi connectivity index (χ2v) is 3.79. The Balaban J connectivity index is 0.00000112. The summed E-state index contributed by atoms with van der Waals surface area (Å²) < 4.78 is 0.912. The van der Waals surface area contributed by atoms with Crippen LogP contribution in [0.1, 0.15) is 0 Å². The SMILES string of the molecule is Br.ON1CCN/C1=N\c1ccccc1Br. The van der Waals surface area contributed by atoms with Gasteiger partial charge in [-0.3, -0.25) is 5.21 Å². The number of hydrogen-bond acceptors (Lipinski definition) is 2. The molecule has 0 aromatic heterocycles. The summed E-state index contributed by atoms with van der Waals surface area (Å²) in [7, 11) is 0. The fourth-order valence-corrected chi connectivity index (χ4v) is 1.60. The second kappa shape index (κ2) is 5.48. The standard InChI is InChI=1S/C9H10BrN3O.BrH/c10-7-3-1-2-4-8(7)12-9-11-5-6-13(9)14;/h1-4,14H,5-6H2,(H,11,12);1H. The van der Waals surface area contributed by atoms with Crippen molar-refractivity contribution in [2.45, 2.75) is 0 Å². The lowest BCUT2D eigenvalue weighted by Gasteiger charge is -2.07. The first-order valence-electron chi connectivity index (χ1n) is 4.31. The van der Waals surface area contributed by atoms with E-state index in [2.05, 4.69) is 26.2 Å². The van der Waals surface area contributed by atoms with Gasteiger partial charge in [-0.25, -0.2) is 10.1 Å². The molecule has 4 nitrogen and oxygen atoms in total. The fraction of sp³-hybridized carbons (Fsp3) is 0.222. The molecule has 2 N–H and O–H groups in total. The van der Waals surface area contributed by atoms with Crippen molar-refractivity contribution in [2.75, 3.05) is 13.1 Å². The predicted octanol–water partition coefficient (Wildman–Crippen LogP) is 2.31. The summed E-state index contributed by atoms with van der Waals surface area (Å²) in [6.07, 6.45) is 0. The quantitative estimate of drug-likeness (QED) is 0.827. The molecule has 0 bridgehead atoms. The molecule has 2 rings (SSSR count). The van der Waals surface area contributed by atoms with Gasteiger partial charge in [0.05, 0.1) is 12.2 Å². The molecular formula is C9H11Br2N3O. The van der Waals surface area contributed by atoms with Gasteiger partial charge in [-0.1, -0.05) is 12.1 Å². The Kier molecular flexibility index (Phi) is 4.56. The van der Waals surface area contributed by atoms with E-state index >= 15 is 0 Å². The van der Waals surface area contributed by atoms with Gasteiger partial charge in [-0.15, -0.1) is 17.0 Å². The highest BCUT2D eigenvalue weighted by Gasteiger charge is 2.15. The van der Waals surface area contributed by atoms with Crippen LogP contribution in [-0.2, 0) is 0 Å². The first-order chi connectivity index (χ1) is 6.77. The van der Waals surface area contributed by atoms with E-state index in [-0.39, 0.29) is 17.0 Å². The Morgan fingerprint density at radius 3 is 2.73 bits per heavy atom. The average molecular weight is 337 g/mol. The molecule has 1 fully saturated rings. The number of nitrogens with one attached hydrogen (secondary N) is 1. The predicted molar refractivity (Wildman–Crippen MR) is 68.1 cm³/mol. The molecule has 1 heterocycles. The maximum Gasteiger partial charge on any atom is 0.223 e. The average Bonchev–Trinajstić information content (AvgIpc) is 2.56. The lowest BCUT2D eigenvalue weighted by Crippen LogP contribution is -2.26. The molecule has 1 saturated heterocycles. The van der Waals surface area contributed by atoms with Gasteiger partial charge in [0.25, 0.3) is 0 Å². The van der Waals surface area contributed by atoms with Crippen LogP contribution in [0.15, 0.2) is 33.7 Å². The molecule has 6 heteroatoms. The highest BCUT2D eigenvalue weighted by atomic mass is 79.9. The molecule has 15 heavy (non-hydrogen) atoms. The van der Waals surface area contributed by atoms with Crippen molar-refractivity contribution in [3.63, 3.8) is 0 Å². The first-order valence-corrected chi connectivity index (χ1v) is 5.10. The van der Waals surface area contributed by atoms with E-state index in [9.17, 15) is 5.21 Å². The van der Waals surface area contributed by atoms with Crippen molar-refractivity contribution < 1.29 is 5.21 Å². The summed E-state index contributed by atoms with van der Waals surface area (Å²) >= 11 is 3.39. The number of guanidine groups is 1. The van der Waals surface area contributed by atoms with Gasteiger partial charge in [0.15, 0.2) is 0 Å². The Morgan fingerprint density at radius 1 is 1.40 bits per heavy atom. The van der Waals surface area contributed by atoms with Crippen molar-refractivity contribution in [2.24, 2.45) is 4.99 Å². The van der Waals surface area contributed by atoms with Crippen LogP contribution in [0, 0.1) is 0 Å². The normalized spacial score (nSPS) is 17.5. The highest BCUT2D eigenvalue weighted by molar-refractivity contribution is 9.10. The van der Waals surface area contributed by atoms with Crippen molar-refractivity contribution in [1.82, 2.24) is 10.4 Å². The number of benzene rings is 1. The number of nitrogens with zero attached hydrogens (tertiary/aromatic N) is 2. The van der Waals surface area contributed by atoms with Crippen LogP contribution >= 0.6 is 32.9 Å². The Morgan fingerprint density at radius 2 is 2.13 bits per heavy atom. The topological polar surface area (TPSA) is 47.9 Å². The van der Waals surface area contributed by atoms with Gasteiger partial charge >= 0.3 is 0 Å². The molecule has 0 atom stereocenters. The van der Waals surface area contributed by atoms with Gasteiger partial charge < -0.3 is 5.32 Å². The number of hydroxylamine groups is 2. The lowest BCUT2D eigenvalue weighted by atomic mass is 10.3. The van der Waals surface area contributed by atoms with E-state index in [1.165, 1.54) is 0 Å². The van der Waals surface area contributed by atoms with Crippen molar-refractivity contribution >= 4 is 44.6 Å². The van der Waals surface area contributed by atoms with E-state index in [0.29, 0.717) is 12.5 Å². The van der Waals surface area contributed by atoms with E-state index in [1.807, 2.05) is 24.3 Å². The molecule has 0 aliphatic carbocycles. The summed E-state index contributed by atoms with van der Waals surface area (Å²) in [4.78, 5) is 4.27. The summed E-state index contributed by atoms with van der Waals surface area (Å²) in [6.45, 7) is 1.29. The van der Waals surface area contributed by atoms with Crippen LogP contribution in [0.25, 0.3) is 0 Å². The smallest absolute Gasteiger partial charge is 0.223 e. The van der Waals surface area contributed by atoms with Crippen LogP contribution in [0.3, 0.4) is 0 Å². The van der Waals surface area contributed by atoms with Gasteiger partial charge in [0.1, 0.15) is 0 Å². The monoisotopic (exact) mass is 335 g/mol. The van der Waals surface area contributed by atoms with Crippen LogP contribution in [0.5, 0.6) is 0 Å². The largest absolute Gasteiger partial charge is 0.352 e. The van der Waals surface area contributed by atoms with E-state index < -0.39 is 0 Å². The van der Waals surface area contributed by atoms with Gasteiger partial charge in [0, 0.05) is 11.0 Å². The minimum absolute atomic E-state index is 0. The minimum Gasteiger partial charge on any atom is -0.352 e. The van der Waals surface area contributed by atoms with Crippen LogP contribution in [0.2, 0.25) is 0 Å². The zero-order chi connectivity index (χ0) is 9.97. The maximum absolute atomic E-state index is 9.37. The van der Waals surface area contributed by atoms with Crippen molar-refractivity contribution in [3.8, 4) is 0 Å². The van der Waals surface area contributed by atoms with Crippen LogP contribution in [-0.4, -0.2) is 29.3 Å². The molecule has 0 amide bonds. The Bertz CT molecular complexity index is 370. The molecule has 1 aromatic rings. The Labute approximate surface area is 107 Å². The van der Waals surface area contributed by atoms with Crippen molar-refractivity contribution in [1.29, 1.82) is 0 Å². The number of halogens is 2. The molecule has 1 aliphatic heterocycles. The van der Waals surface area contributed by atoms with Crippen LogP contribution < -0.4 is 5.32 Å². The summed E-state index contributed by atoms with van der Waals surface area (Å²) in [5.41, 5.74) is 0.802. The van der Waals surface area contributed by atoms with Gasteiger partial charge in [-0.2, -0.15) is 0 Å². The van der Waals surface area contributed by atoms with E-state index in [4.69, 9.17) is 0 Å². The molecule has 1 aliphatic rings. The van der Waals surface area contributed by atoms with Crippen molar-refractivity contribution in [3.05, 3.63) is 28.7 Å². The molecule has 82 valence electrons. The molecule has 0 spiro atoms. The number of para-hydroxylation sites is 1. The van der Waals surface area contributed by atoms with E-state index in [0.717, 1.165) is 21.8 Å². The second-order valence-electron chi connectivity index (χ2n) is 2.94.